The highest BCUT2D eigenvalue weighted by Gasteiger charge is 2.37. The van der Waals surface area contributed by atoms with Crippen molar-refractivity contribution in [3.05, 3.63) is 28.8 Å². The lowest BCUT2D eigenvalue weighted by atomic mass is 9.80. The van der Waals surface area contributed by atoms with Gasteiger partial charge < -0.3 is 10.5 Å². The summed E-state index contributed by atoms with van der Waals surface area (Å²) in [4.78, 5) is 0. The number of rotatable bonds is 3. The molecule has 106 valence electrons. The van der Waals surface area contributed by atoms with Gasteiger partial charge in [0.1, 0.15) is 5.75 Å². The van der Waals surface area contributed by atoms with E-state index in [1.807, 2.05) is 6.07 Å². The van der Waals surface area contributed by atoms with Crippen LogP contribution in [0.3, 0.4) is 0 Å². The summed E-state index contributed by atoms with van der Waals surface area (Å²) in [5, 5.41) is 0.522. The van der Waals surface area contributed by atoms with Crippen molar-refractivity contribution in [3.8, 4) is 5.75 Å². The fourth-order valence-electron chi connectivity index (χ4n) is 2.58. The molecule has 1 saturated carbocycles. The molecule has 1 aromatic rings. The van der Waals surface area contributed by atoms with Crippen LogP contribution in [0.5, 0.6) is 5.75 Å². The van der Waals surface area contributed by atoms with Gasteiger partial charge in [-0.05, 0) is 36.5 Å². The number of hydrogen-bond donors (Lipinski definition) is 1. The van der Waals surface area contributed by atoms with Crippen LogP contribution in [0.2, 0.25) is 5.02 Å². The van der Waals surface area contributed by atoms with Gasteiger partial charge in [-0.3, -0.25) is 0 Å². The Morgan fingerprint density at radius 2 is 2.00 bits per heavy atom. The highest BCUT2D eigenvalue weighted by Crippen LogP contribution is 2.41. The van der Waals surface area contributed by atoms with Crippen LogP contribution in [0.1, 0.15) is 37.3 Å². The van der Waals surface area contributed by atoms with Crippen molar-refractivity contribution in [3.63, 3.8) is 0 Å². The Morgan fingerprint density at radius 3 is 2.58 bits per heavy atom. The van der Waals surface area contributed by atoms with Crippen LogP contribution in [-0.2, 0) is 0 Å². The van der Waals surface area contributed by atoms with Gasteiger partial charge in [-0.15, -0.1) is 0 Å². The van der Waals surface area contributed by atoms with E-state index in [1.165, 1.54) is 7.11 Å². The van der Waals surface area contributed by atoms with Crippen LogP contribution >= 0.6 is 11.6 Å². The molecule has 1 aromatic carbocycles. The first-order valence-electron chi connectivity index (χ1n) is 6.40. The third kappa shape index (κ3) is 3.37. The number of halogens is 3. The summed E-state index contributed by atoms with van der Waals surface area (Å²) in [7, 11) is 1.54. The average molecular weight is 290 g/mol. The van der Waals surface area contributed by atoms with Gasteiger partial charge in [-0.2, -0.15) is 0 Å². The third-order valence-electron chi connectivity index (χ3n) is 3.83. The van der Waals surface area contributed by atoms with Crippen molar-refractivity contribution in [2.24, 2.45) is 11.7 Å². The van der Waals surface area contributed by atoms with Crippen LogP contribution in [0.25, 0.3) is 0 Å². The Morgan fingerprint density at radius 1 is 1.37 bits per heavy atom. The molecule has 2 rings (SSSR count). The number of ether oxygens (including phenoxy) is 1. The second-order valence-corrected chi connectivity index (χ2v) is 5.52. The van der Waals surface area contributed by atoms with Gasteiger partial charge in [-0.25, -0.2) is 8.78 Å². The second kappa shape index (κ2) is 5.63. The standard InChI is InChI=1S/C14H18ClF2NO/c1-19-12-8-10(2-3-11(12)15)13(18)9-4-6-14(16,17)7-5-9/h2-3,8-9,13H,4-7,18H2,1H3. The van der Waals surface area contributed by atoms with E-state index < -0.39 is 5.92 Å². The van der Waals surface area contributed by atoms with Gasteiger partial charge in [0.2, 0.25) is 5.92 Å². The summed E-state index contributed by atoms with van der Waals surface area (Å²) >= 11 is 5.96. The van der Waals surface area contributed by atoms with E-state index in [0.29, 0.717) is 23.6 Å². The largest absolute Gasteiger partial charge is 0.495 e. The monoisotopic (exact) mass is 289 g/mol. The molecule has 19 heavy (non-hydrogen) atoms. The normalized spacial score (nSPS) is 21.1. The van der Waals surface area contributed by atoms with Crippen LogP contribution in [0.4, 0.5) is 8.78 Å². The van der Waals surface area contributed by atoms with E-state index >= 15 is 0 Å². The van der Waals surface area contributed by atoms with E-state index in [9.17, 15) is 8.78 Å². The Hall–Kier alpha value is -0.870. The van der Waals surface area contributed by atoms with Crippen LogP contribution in [0.15, 0.2) is 18.2 Å². The first-order chi connectivity index (χ1) is 8.93. The minimum absolute atomic E-state index is 0.0733. The predicted octanol–water partition coefficient (Wildman–Crippen LogP) is 4.17. The average Bonchev–Trinajstić information content (AvgIpc) is 2.38. The van der Waals surface area contributed by atoms with Crippen molar-refractivity contribution < 1.29 is 13.5 Å². The van der Waals surface area contributed by atoms with Crippen LogP contribution < -0.4 is 10.5 Å². The summed E-state index contributed by atoms with van der Waals surface area (Å²) in [6, 6.07) is 5.11. The first kappa shape index (κ1) is 14.5. The minimum atomic E-state index is -2.52. The third-order valence-corrected chi connectivity index (χ3v) is 4.14. The minimum Gasteiger partial charge on any atom is -0.495 e. The van der Waals surface area contributed by atoms with Gasteiger partial charge in [0, 0.05) is 18.9 Å². The molecule has 1 atom stereocenters. The van der Waals surface area contributed by atoms with Gasteiger partial charge in [0.05, 0.1) is 12.1 Å². The zero-order chi connectivity index (χ0) is 14.0. The molecule has 0 aliphatic heterocycles. The molecule has 0 spiro atoms. The molecule has 5 heteroatoms. The molecule has 0 saturated heterocycles. The Balaban J connectivity index is 2.10. The van der Waals surface area contributed by atoms with E-state index in [0.717, 1.165) is 5.56 Å². The summed E-state index contributed by atoms with van der Waals surface area (Å²) in [5.41, 5.74) is 7.07. The smallest absolute Gasteiger partial charge is 0.248 e. The molecule has 1 aliphatic carbocycles. The van der Waals surface area contributed by atoms with Crippen molar-refractivity contribution >= 4 is 11.6 Å². The predicted molar refractivity (Wildman–Crippen MR) is 71.8 cm³/mol. The van der Waals surface area contributed by atoms with Crippen LogP contribution in [0, 0.1) is 5.92 Å². The SMILES string of the molecule is COc1cc(C(N)C2CCC(F)(F)CC2)ccc1Cl. The molecule has 0 radical (unpaired) electrons. The molecule has 0 heterocycles. The summed E-state index contributed by atoms with van der Waals surface area (Å²) in [6.45, 7) is 0. The van der Waals surface area contributed by atoms with Crippen molar-refractivity contribution in [2.75, 3.05) is 7.11 Å². The lowest BCUT2D eigenvalue weighted by Gasteiger charge is -2.32. The van der Waals surface area contributed by atoms with Gasteiger partial charge >= 0.3 is 0 Å². The summed E-state index contributed by atoms with van der Waals surface area (Å²) in [6.07, 6.45) is 0.768. The first-order valence-corrected chi connectivity index (χ1v) is 6.77. The van der Waals surface area contributed by atoms with E-state index in [4.69, 9.17) is 22.1 Å². The van der Waals surface area contributed by atoms with Gasteiger partial charge in [0.25, 0.3) is 0 Å². The fraction of sp³-hybridized carbons (Fsp3) is 0.571. The number of alkyl halides is 2. The molecule has 0 amide bonds. The molecule has 0 bridgehead atoms. The molecular weight excluding hydrogens is 272 g/mol. The quantitative estimate of drug-likeness (QED) is 0.906. The zero-order valence-corrected chi connectivity index (χ0v) is 11.6. The molecule has 2 N–H and O–H groups in total. The Kier molecular flexibility index (Phi) is 4.31. The number of benzene rings is 1. The Labute approximate surface area is 116 Å². The highest BCUT2D eigenvalue weighted by atomic mass is 35.5. The fourth-order valence-corrected chi connectivity index (χ4v) is 2.77. The maximum Gasteiger partial charge on any atom is 0.248 e. The number of methoxy groups -OCH3 is 1. The lowest BCUT2D eigenvalue weighted by molar-refractivity contribution is -0.0483. The van der Waals surface area contributed by atoms with Crippen molar-refractivity contribution in [1.29, 1.82) is 0 Å². The maximum absolute atomic E-state index is 13.1. The molecule has 1 unspecified atom stereocenters. The molecule has 1 aliphatic rings. The van der Waals surface area contributed by atoms with Crippen LogP contribution in [-0.4, -0.2) is 13.0 Å². The van der Waals surface area contributed by atoms with Crippen molar-refractivity contribution in [1.82, 2.24) is 0 Å². The van der Waals surface area contributed by atoms with E-state index in [1.54, 1.807) is 12.1 Å². The van der Waals surface area contributed by atoms with Crippen molar-refractivity contribution in [2.45, 2.75) is 37.6 Å². The van der Waals surface area contributed by atoms with Gasteiger partial charge in [-0.1, -0.05) is 17.7 Å². The van der Waals surface area contributed by atoms with E-state index in [-0.39, 0.29) is 24.8 Å². The lowest BCUT2D eigenvalue weighted by Crippen LogP contribution is -2.30. The van der Waals surface area contributed by atoms with E-state index in [2.05, 4.69) is 0 Å². The molecule has 1 fully saturated rings. The zero-order valence-electron chi connectivity index (χ0n) is 10.8. The topological polar surface area (TPSA) is 35.2 Å². The highest BCUT2D eigenvalue weighted by molar-refractivity contribution is 6.32. The number of hydrogen-bond acceptors (Lipinski definition) is 2. The Bertz CT molecular complexity index is 443. The molecule has 0 aromatic heterocycles. The second-order valence-electron chi connectivity index (χ2n) is 5.11. The summed E-state index contributed by atoms with van der Waals surface area (Å²) < 4.78 is 31.4. The van der Waals surface area contributed by atoms with Gasteiger partial charge in [0.15, 0.2) is 0 Å². The molecule has 2 nitrogen and oxygen atoms in total. The molecular formula is C14H18ClF2NO. The maximum atomic E-state index is 13.1. The number of nitrogens with two attached hydrogens (primary N) is 1. The summed E-state index contributed by atoms with van der Waals surface area (Å²) in [5.74, 6) is -1.87.